The largest absolute Gasteiger partial charge is 0.480 e. The van der Waals surface area contributed by atoms with E-state index in [2.05, 4.69) is 5.32 Å². The maximum Gasteiger partial charge on any atom is 0.321 e. The summed E-state index contributed by atoms with van der Waals surface area (Å²) in [5.74, 6) is -1.23. The number of carboxylic acids is 1. The first-order chi connectivity index (χ1) is 8.00. The van der Waals surface area contributed by atoms with Crippen LogP contribution in [0.1, 0.15) is 11.1 Å². The summed E-state index contributed by atoms with van der Waals surface area (Å²) < 4.78 is 13.0. The zero-order valence-corrected chi connectivity index (χ0v) is 9.74. The number of aryl methyl sites for hydroxylation is 1. The molecule has 1 aromatic carbocycles. The summed E-state index contributed by atoms with van der Waals surface area (Å²) in [6.45, 7) is 2.56. The molecule has 0 saturated heterocycles. The first-order valence-corrected chi connectivity index (χ1v) is 5.45. The molecule has 0 aliphatic heterocycles. The summed E-state index contributed by atoms with van der Waals surface area (Å²) in [6, 6.07) is 4.06. The molecular weight excluding hydrogens is 223 g/mol. The summed E-state index contributed by atoms with van der Waals surface area (Å²) in [4.78, 5) is 10.4. The summed E-state index contributed by atoms with van der Waals surface area (Å²) in [5, 5.41) is 11.5. The molecule has 0 aromatic heterocycles. The van der Waals surface area contributed by atoms with Gasteiger partial charge in [-0.25, -0.2) is 4.39 Å². The van der Waals surface area contributed by atoms with Crippen LogP contribution in [0.25, 0.3) is 0 Å². The Balaban J connectivity index is 2.31. The molecular formula is C12H17FN2O2. The molecule has 0 spiro atoms. The van der Waals surface area contributed by atoms with Crippen molar-refractivity contribution >= 4 is 5.97 Å². The highest BCUT2D eigenvalue weighted by molar-refractivity contribution is 5.73. The molecule has 94 valence electrons. The van der Waals surface area contributed by atoms with Crippen LogP contribution in [0.3, 0.4) is 0 Å². The normalized spacial score (nSPS) is 12.4. The Kier molecular flexibility index (Phi) is 5.06. The van der Waals surface area contributed by atoms with E-state index in [0.29, 0.717) is 18.5 Å². The van der Waals surface area contributed by atoms with Crippen molar-refractivity contribution in [3.63, 3.8) is 0 Å². The van der Waals surface area contributed by atoms with E-state index in [-0.39, 0.29) is 12.4 Å². The summed E-state index contributed by atoms with van der Waals surface area (Å²) >= 11 is 0. The number of halogens is 1. The quantitative estimate of drug-likeness (QED) is 0.639. The number of nitrogens with one attached hydrogen (secondary N) is 1. The topological polar surface area (TPSA) is 75.3 Å². The Morgan fingerprint density at radius 2 is 2.29 bits per heavy atom. The van der Waals surface area contributed by atoms with Gasteiger partial charge in [0.25, 0.3) is 0 Å². The molecule has 5 heteroatoms. The molecule has 4 N–H and O–H groups in total. The van der Waals surface area contributed by atoms with Crippen molar-refractivity contribution < 1.29 is 14.3 Å². The van der Waals surface area contributed by atoms with Gasteiger partial charge in [0.05, 0.1) is 0 Å². The molecule has 0 fully saturated rings. The van der Waals surface area contributed by atoms with Crippen LogP contribution in [0.2, 0.25) is 0 Å². The van der Waals surface area contributed by atoms with Gasteiger partial charge < -0.3 is 16.2 Å². The van der Waals surface area contributed by atoms with Gasteiger partial charge in [-0.15, -0.1) is 0 Å². The Morgan fingerprint density at radius 3 is 2.88 bits per heavy atom. The lowest BCUT2D eigenvalue weighted by Crippen LogP contribution is -2.40. The maximum absolute atomic E-state index is 13.0. The number of rotatable bonds is 6. The van der Waals surface area contributed by atoms with E-state index in [9.17, 15) is 9.18 Å². The number of carboxylic acid groups (broad SMARTS) is 1. The van der Waals surface area contributed by atoms with Gasteiger partial charge in [0.15, 0.2) is 0 Å². The number of hydrogen-bond donors (Lipinski definition) is 3. The predicted octanol–water partition coefficient (Wildman–Crippen LogP) is 0.678. The molecule has 4 nitrogen and oxygen atoms in total. The fraction of sp³-hybridized carbons (Fsp3) is 0.417. The lowest BCUT2D eigenvalue weighted by Gasteiger charge is -2.08. The van der Waals surface area contributed by atoms with E-state index >= 15 is 0 Å². The molecule has 0 bridgehead atoms. The van der Waals surface area contributed by atoms with E-state index in [0.717, 1.165) is 5.56 Å². The fourth-order valence-corrected chi connectivity index (χ4v) is 1.44. The zero-order valence-electron chi connectivity index (χ0n) is 9.74. The third kappa shape index (κ3) is 4.50. The highest BCUT2D eigenvalue weighted by Crippen LogP contribution is 2.09. The summed E-state index contributed by atoms with van der Waals surface area (Å²) in [7, 11) is 0. The van der Waals surface area contributed by atoms with Crippen molar-refractivity contribution in [2.75, 3.05) is 13.1 Å². The van der Waals surface area contributed by atoms with Gasteiger partial charge in [0.2, 0.25) is 0 Å². The minimum Gasteiger partial charge on any atom is -0.480 e. The van der Waals surface area contributed by atoms with Crippen molar-refractivity contribution in [2.24, 2.45) is 5.73 Å². The standard InChI is InChI=1S/C12H17FN2O2/c1-8-6-9(2-3-10(8)13)4-5-15-7-11(14)12(16)17/h2-3,6,11,15H,4-5,7,14H2,1H3,(H,16,17). The predicted molar refractivity (Wildman–Crippen MR) is 63.3 cm³/mol. The number of benzene rings is 1. The number of nitrogens with two attached hydrogens (primary N) is 1. The molecule has 0 saturated carbocycles. The van der Waals surface area contributed by atoms with Gasteiger partial charge in [-0.05, 0) is 37.1 Å². The smallest absolute Gasteiger partial charge is 0.321 e. The van der Waals surface area contributed by atoms with Crippen LogP contribution in [0.5, 0.6) is 0 Å². The Labute approximate surface area is 99.6 Å². The Morgan fingerprint density at radius 1 is 1.59 bits per heavy atom. The van der Waals surface area contributed by atoms with Crippen molar-refractivity contribution in [1.82, 2.24) is 5.32 Å². The number of carbonyl (C=O) groups is 1. The van der Waals surface area contributed by atoms with Crippen LogP contribution in [0.4, 0.5) is 4.39 Å². The van der Waals surface area contributed by atoms with Gasteiger partial charge in [-0.1, -0.05) is 12.1 Å². The van der Waals surface area contributed by atoms with Crippen molar-refractivity contribution in [2.45, 2.75) is 19.4 Å². The van der Waals surface area contributed by atoms with E-state index in [1.807, 2.05) is 0 Å². The lowest BCUT2D eigenvalue weighted by atomic mass is 10.1. The second-order valence-corrected chi connectivity index (χ2v) is 3.98. The molecule has 1 aromatic rings. The molecule has 1 rings (SSSR count). The van der Waals surface area contributed by atoms with Gasteiger partial charge in [-0.3, -0.25) is 4.79 Å². The highest BCUT2D eigenvalue weighted by atomic mass is 19.1. The number of hydrogen-bond acceptors (Lipinski definition) is 3. The van der Waals surface area contributed by atoms with Gasteiger partial charge in [0.1, 0.15) is 11.9 Å². The Bertz CT molecular complexity index is 396. The second kappa shape index (κ2) is 6.32. The summed E-state index contributed by atoms with van der Waals surface area (Å²) in [6.07, 6.45) is 0.716. The molecule has 1 unspecified atom stereocenters. The third-order valence-electron chi connectivity index (χ3n) is 2.49. The zero-order chi connectivity index (χ0) is 12.8. The highest BCUT2D eigenvalue weighted by Gasteiger charge is 2.09. The summed E-state index contributed by atoms with van der Waals surface area (Å²) in [5.41, 5.74) is 6.96. The van der Waals surface area contributed by atoms with Crippen molar-refractivity contribution in [3.8, 4) is 0 Å². The fourth-order valence-electron chi connectivity index (χ4n) is 1.44. The maximum atomic E-state index is 13.0. The second-order valence-electron chi connectivity index (χ2n) is 3.98. The van der Waals surface area contributed by atoms with E-state index < -0.39 is 12.0 Å². The lowest BCUT2D eigenvalue weighted by molar-refractivity contribution is -0.138. The molecule has 0 heterocycles. The van der Waals surface area contributed by atoms with Crippen LogP contribution in [0.15, 0.2) is 18.2 Å². The molecule has 0 aliphatic carbocycles. The molecule has 0 amide bonds. The minimum atomic E-state index is -1.02. The van der Waals surface area contributed by atoms with Crippen LogP contribution in [-0.4, -0.2) is 30.2 Å². The SMILES string of the molecule is Cc1cc(CCNCC(N)C(=O)O)ccc1F. The molecule has 17 heavy (non-hydrogen) atoms. The molecule has 0 aliphatic rings. The average molecular weight is 240 g/mol. The van der Waals surface area contributed by atoms with Crippen LogP contribution < -0.4 is 11.1 Å². The monoisotopic (exact) mass is 240 g/mol. The first-order valence-electron chi connectivity index (χ1n) is 5.45. The third-order valence-corrected chi connectivity index (χ3v) is 2.49. The van der Waals surface area contributed by atoms with Crippen LogP contribution >= 0.6 is 0 Å². The van der Waals surface area contributed by atoms with Gasteiger partial charge in [0, 0.05) is 6.54 Å². The Hall–Kier alpha value is -1.46. The van der Waals surface area contributed by atoms with Crippen LogP contribution in [0, 0.1) is 12.7 Å². The van der Waals surface area contributed by atoms with Gasteiger partial charge in [-0.2, -0.15) is 0 Å². The van der Waals surface area contributed by atoms with Crippen molar-refractivity contribution in [3.05, 3.63) is 35.1 Å². The van der Waals surface area contributed by atoms with Crippen LogP contribution in [-0.2, 0) is 11.2 Å². The van der Waals surface area contributed by atoms with E-state index in [1.165, 1.54) is 6.07 Å². The number of aliphatic carboxylic acids is 1. The molecule has 0 radical (unpaired) electrons. The van der Waals surface area contributed by atoms with E-state index in [1.54, 1.807) is 19.1 Å². The van der Waals surface area contributed by atoms with E-state index in [4.69, 9.17) is 10.8 Å². The average Bonchev–Trinajstić information content (AvgIpc) is 2.28. The minimum absolute atomic E-state index is 0.213. The van der Waals surface area contributed by atoms with Crippen molar-refractivity contribution in [1.29, 1.82) is 0 Å². The first kappa shape index (κ1) is 13.6. The molecule has 1 atom stereocenters. The van der Waals surface area contributed by atoms with Gasteiger partial charge >= 0.3 is 5.97 Å².